The van der Waals surface area contributed by atoms with Gasteiger partial charge in [0.1, 0.15) is 5.75 Å². The summed E-state index contributed by atoms with van der Waals surface area (Å²) in [5, 5.41) is 17.8. The largest absolute Gasteiger partial charge is 0.506 e. The molecule has 0 atom stereocenters. The summed E-state index contributed by atoms with van der Waals surface area (Å²) in [7, 11) is 0. The third kappa shape index (κ3) is 2.11. The third-order valence-electron chi connectivity index (χ3n) is 1.58. The first-order chi connectivity index (χ1) is 5.52. The Morgan fingerprint density at radius 3 is 2.38 bits per heavy atom. The maximum atomic E-state index is 10.5. The predicted octanol–water partition coefficient (Wildman–Crippen LogP) is 1.62. The smallest absolute Gasteiger partial charge is 0.335 e. The zero-order valence-electron chi connectivity index (χ0n) is 6.53. The van der Waals surface area contributed by atoms with Gasteiger partial charge in [-0.25, -0.2) is 4.79 Å². The molecule has 0 aliphatic rings. The Morgan fingerprint density at radius 1 is 1.46 bits per heavy atom. The number of carboxylic acids is 1. The normalized spacial score (nSPS) is 9.00. The summed E-state index contributed by atoms with van der Waals surface area (Å²) in [5.74, 6) is -1.11. The molecule has 0 heterocycles. The van der Waals surface area contributed by atoms with Gasteiger partial charge in [0.25, 0.3) is 0 Å². The number of hydrogen-bond acceptors (Lipinski definition) is 3. The van der Waals surface area contributed by atoms with E-state index in [1.54, 1.807) is 6.92 Å². The minimum atomic E-state index is -1.05. The standard InChI is InChI=1S/C8H9NO3.CH4/c1-4-2-5(8(11)12)3-6(9)7(4)10;/h2-3,10H,9H2,1H3,(H,11,12);1H4. The van der Waals surface area contributed by atoms with Crippen LogP contribution in [0.3, 0.4) is 0 Å². The van der Waals surface area contributed by atoms with Crippen molar-refractivity contribution in [2.24, 2.45) is 0 Å². The number of hydrogen-bond donors (Lipinski definition) is 3. The second-order valence-electron chi connectivity index (χ2n) is 2.54. The molecule has 1 aromatic carbocycles. The minimum absolute atomic E-state index is 0. The highest BCUT2D eigenvalue weighted by atomic mass is 16.4. The molecule has 0 saturated heterocycles. The highest BCUT2D eigenvalue weighted by molar-refractivity contribution is 5.89. The van der Waals surface area contributed by atoms with Crippen LogP contribution in [-0.2, 0) is 0 Å². The predicted molar refractivity (Wildman–Crippen MR) is 50.9 cm³/mol. The summed E-state index contributed by atoms with van der Waals surface area (Å²) in [6.45, 7) is 1.60. The Labute approximate surface area is 76.6 Å². The monoisotopic (exact) mass is 183 g/mol. The Bertz CT molecular complexity index is 311. The SMILES string of the molecule is C.Cc1cc(C(=O)O)cc(N)c1O. The molecule has 0 aliphatic carbocycles. The number of nitrogen functional groups attached to an aromatic ring is 1. The highest BCUT2D eigenvalue weighted by Gasteiger charge is 2.08. The van der Waals surface area contributed by atoms with Gasteiger partial charge in [0, 0.05) is 0 Å². The lowest BCUT2D eigenvalue weighted by Gasteiger charge is -2.03. The molecule has 0 aromatic heterocycles. The molecule has 0 spiro atoms. The average Bonchev–Trinajstić information content (AvgIpc) is 1.99. The van der Waals surface area contributed by atoms with Crippen molar-refractivity contribution < 1.29 is 15.0 Å². The van der Waals surface area contributed by atoms with Crippen LogP contribution in [-0.4, -0.2) is 16.2 Å². The topological polar surface area (TPSA) is 83.5 Å². The van der Waals surface area contributed by atoms with Crippen LogP contribution in [0.1, 0.15) is 23.3 Å². The van der Waals surface area contributed by atoms with E-state index >= 15 is 0 Å². The van der Waals surface area contributed by atoms with E-state index in [1.165, 1.54) is 12.1 Å². The number of rotatable bonds is 1. The van der Waals surface area contributed by atoms with Gasteiger partial charge < -0.3 is 15.9 Å². The van der Waals surface area contributed by atoms with Crippen LogP contribution in [0.25, 0.3) is 0 Å². The van der Waals surface area contributed by atoms with Crippen LogP contribution < -0.4 is 5.73 Å². The second-order valence-corrected chi connectivity index (χ2v) is 2.54. The number of phenolic OH excluding ortho intramolecular Hbond substituents is 1. The van der Waals surface area contributed by atoms with Crippen molar-refractivity contribution in [2.75, 3.05) is 5.73 Å². The van der Waals surface area contributed by atoms with Gasteiger partial charge in [-0.1, -0.05) is 7.43 Å². The Hall–Kier alpha value is -1.71. The molecule has 13 heavy (non-hydrogen) atoms. The van der Waals surface area contributed by atoms with Crippen molar-refractivity contribution in [1.29, 1.82) is 0 Å². The lowest BCUT2D eigenvalue weighted by Crippen LogP contribution is -1.99. The quantitative estimate of drug-likeness (QED) is 0.456. The lowest BCUT2D eigenvalue weighted by molar-refractivity contribution is 0.0697. The van der Waals surface area contributed by atoms with E-state index in [1.807, 2.05) is 0 Å². The molecule has 0 amide bonds. The first-order valence-corrected chi connectivity index (χ1v) is 3.34. The molecular formula is C9H13NO3. The van der Waals surface area contributed by atoms with E-state index in [0.29, 0.717) is 5.56 Å². The number of anilines is 1. The van der Waals surface area contributed by atoms with Crippen molar-refractivity contribution in [1.82, 2.24) is 0 Å². The van der Waals surface area contributed by atoms with Crippen LogP contribution in [0.2, 0.25) is 0 Å². The first-order valence-electron chi connectivity index (χ1n) is 3.34. The molecule has 4 nitrogen and oxygen atoms in total. The Kier molecular flexibility index (Phi) is 3.30. The van der Waals surface area contributed by atoms with Crippen LogP contribution in [0.5, 0.6) is 5.75 Å². The number of aryl methyl sites for hydroxylation is 1. The molecule has 0 unspecified atom stereocenters. The number of benzene rings is 1. The molecule has 1 aromatic rings. The summed E-state index contributed by atoms with van der Waals surface area (Å²) >= 11 is 0. The number of carbonyl (C=O) groups is 1. The highest BCUT2D eigenvalue weighted by Crippen LogP contribution is 2.25. The van der Waals surface area contributed by atoms with Gasteiger partial charge in [-0.2, -0.15) is 0 Å². The van der Waals surface area contributed by atoms with Crippen molar-refractivity contribution >= 4 is 11.7 Å². The summed E-state index contributed by atoms with van der Waals surface area (Å²) in [5.41, 5.74) is 5.99. The van der Waals surface area contributed by atoms with E-state index < -0.39 is 5.97 Å². The molecular weight excluding hydrogens is 170 g/mol. The Morgan fingerprint density at radius 2 is 2.00 bits per heavy atom. The number of carboxylic acid groups (broad SMARTS) is 1. The summed E-state index contributed by atoms with van der Waals surface area (Å²) in [4.78, 5) is 10.5. The molecule has 1 rings (SSSR count). The summed E-state index contributed by atoms with van der Waals surface area (Å²) in [6, 6.07) is 2.60. The maximum absolute atomic E-state index is 10.5. The first kappa shape index (κ1) is 11.3. The van der Waals surface area contributed by atoms with Gasteiger partial charge >= 0.3 is 5.97 Å². The van der Waals surface area contributed by atoms with Crippen molar-refractivity contribution in [3.63, 3.8) is 0 Å². The molecule has 72 valence electrons. The van der Waals surface area contributed by atoms with E-state index in [2.05, 4.69) is 0 Å². The maximum Gasteiger partial charge on any atom is 0.335 e. The molecule has 0 radical (unpaired) electrons. The van der Waals surface area contributed by atoms with Gasteiger partial charge in [0.2, 0.25) is 0 Å². The zero-order valence-corrected chi connectivity index (χ0v) is 6.53. The number of nitrogens with two attached hydrogens (primary N) is 1. The minimum Gasteiger partial charge on any atom is -0.506 e. The van der Waals surface area contributed by atoms with Gasteiger partial charge in [-0.15, -0.1) is 0 Å². The van der Waals surface area contributed by atoms with Crippen molar-refractivity contribution in [3.8, 4) is 5.75 Å². The van der Waals surface area contributed by atoms with Gasteiger partial charge in [-0.3, -0.25) is 0 Å². The van der Waals surface area contributed by atoms with Crippen LogP contribution in [0.4, 0.5) is 5.69 Å². The molecule has 0 aliphatic heterocycles. The van der Waals surface area contributed by atoms with Crippen LogP contribution in [0.15, 0.2) is 12.1 Å². The third-order valence-corrected chi connectivity index (χ3v) is 1.58. The fraction of sp³-hybridized carbons (Fsp3) is 0.222. The molecule has 4 N–H and O–H groups in total. The van der Waals surface area contributed by atoms with Crippen LogP contribution >= 0.6 is 0 Å². The fourth-order valence-corrected chi connectivity index (χ4v) is 0.930. The van der Waals surface area contributed by atoms with Gasteiger partial charge in [-0.05, 0) is 24.6 Å². The Balaban J connectivity index is 0.00000144. The number of phenols is 1. The van der Waals surface area contributed by atoms with E-state index in [0.717, 1.165) is 0 Å². The lowest BCUT2D eigenvalue weighted by atomic mass is 10.1. The van der Waals surface area contributed by atoms with Gasteiger partial charge in [0.15, 0.2) is 0 Å². The van der Waals surface area contributed by atoms with E-state index in [4.69, 9.17) is 10.8 Å². The second kappa shape index (κ2) is 3.80. The van der Waals surface area contributed by atoms with Crippen molar-refractivity contribution in [3.05, 3.63) is 23.3 Å². The van der Waals surface area contributed by atoms with Crippen molar-refractivity contribution in [2.45, 2.75) is 14.4 Å². The molecule has 4 heteroatoms. The fourth-order valence-electron chi connectivity index (χ4n) is 0.930. The van der Waals surface area contributed by atoms with E-state index in [9.17, 15) is 9.90 Å². The molecule has 0 fully saturated rings. The zero-order chi connectivity index (χ0) is 9.30. The van der Waals surface area contributed by atoms with E-state index in [-0.39, 0.29) is 24.4 Å². The number of aromatic carboxylic acids is 1. The summed E-state index contributed by atoms with van der Waals surface area (Å²) < 4.78 is 0. The summed E-state index contributed by atoms with van der Waals surface area (Å²) in [6.07, 6.45) is 0. The average molecular weight is 183 g/mol. The van der Waals surface area contributed by atoms with Gasteiger partial charge in [0.05, 0.1) is 11.3 Å². The molecule has 0 bridgehead atoms. The number of aromatic hydroxyl groups is 1. The van der Waals surface area contributed by atoms with Crippen LogP contribution in [0, 0.1) is 6.92 Å². The molecule has 0 saturated carbocycles.